The summed E-state index contributed by atoms with van der Waals surface area (Å²) < 4.78 is 32.7. The summed E-state index contributed by atoms with van der Waals surface area (Å²) >= 11 is 0. The zero-order valence-corrected chi connectivity index (χ0v) is 31.0. The average Bonchev–Trinajstić information content (AvgIpc) is 3.65. The van der Waals surface area contributed by atoms with Gasteiger partial charge in [0.1, 0.15) is 4.90 Å². The van der Waals surface area contributed by atoms with E-state index >= 15 is 0 Å². The molecule has 0 saturated carbocycles. The van der Waals surface area contributed by atoms with Crippen molar-refractivity contribution >= 4 is 37.5 Å². The largest absolute Gasteiger partial charge is 0.384 e. The molecule has 3 bridgehead atoms. The Morgan fingerprint density at radius 1 is 0.904 bits per heavy atom. The fraction of sp³-hybridized carbons (Fsp3) is 0.465. The lowest BCUT2D eigenvalue weighted by Crippen LogP contribution is -2.65. The number of fused-ring (bicyclic) bond motifs is 5. The monoisotopic (exact) mass is 718 g/mol. The van der Waals surface area contributed by atoms with Gasteiger partial charge < -0.3 is 19.2 Å². The third kappa shape index (κ3) is 5.75. The lowest BCUT2D eigenvalue weighted by atomic mass is 9.54. The Balaban J connectivity index is 1.20. The molecule has 6 atom stereocenters. The van der Waals surface area contributed by atoms with Crippen LogP contribution < -0.4 is 4.18 Å². The van der Waals surface area contributed by atoms with E-state index in [1.54, 1.807) is 30.3 Å². The highest BCUT2D eigenvalue weighted by molar-refractivity contribution is 7.87. The quantitative estimate of drug-likeness (QED) is 0.163. The van der Waals surface area contributed by atoms with E-state index in [-0.39, 0.29) is 28.0 Å². The molecule has 9 heteroatoms. The topological polar surface area (TPSA) is 98.8 Å². The lowest BCUT2D eigenvalue weighted by Gasteiger charge is -2.58. The third-order valence-corrected chi connectivity index (χ3v) is 14.0. The first-order valence-corrected chi connectivity index (χ1v) is 20.8. The fourth-order valence-electron chi connectivity index (χ4n) is 10.6. The number of pyridine rings is 1. The molecule has 5 aliphatic rings. The molecule has 2 unspecified atom stereocenters. The summed E-state index contributed by atoms with van der Waals surface area (Å²) in [5, 5.41) is 15.1. The van der Waals surface area contributed by atoms with Crippen molar-refractivity contribution in [1.29, 1.82) is 0 Å². The maximum atomic E-state index is 13.5. The number of hydrogen-bond donors (Lipinski definition) is 2. The van der Waals surface area contributed by atoms with Crippen molar-refractivity contribution in [2.24, 2.45) is 11.3 Å². The number of aryl methyl sites for hydroxylation is 1. The van der Waals surface area contributed by atoms with Gasteiger partial charge in [0.15, 0.2) is 5.75 Å². The van der Waals surface area contributed by atoms with E-state index in [9.17, 15) is 13.5 Å². The first-order chi connectivity index (χ1) is 25.3. The van der Waals surface area contributed by atoms with E-state index in [0.717, 1.165) is 97.8 Å². The van der Waals surface area contributed by atoms with Gasteiger partial charge in [-0.3, -0.25) is 9.88 Å². The number of para-hydroxylation sites is 1. The molecule has 6 heterocycles. The minimum Gasteiger partial charge on any atom is -0.384 e. The molecule has 1 aliphatic carbocycles. The summed E-state index contributed by atoms with van der Waals surface area (Å²) in [6, 6.07) is 14.6. The van der Waals surface area contributed by atoms with Gasteiger partial charge >= 0.3 is 10.1 Å². The average molecular weight is 719 g/mol. The van der Waals surface area contributed by atoms with E-state index in [1.165, 1.54) is 19.3 Å². The lowest BCUT2D eigenvalue weighted by molar-refractivity contribution is -0.0894. The Morgan fingerprint density at radius 3 is 2.56 bits per heavy atom. The second-order valence-electron chi connectivity index (χ2n) is 16.0. The number of allylic oxidation sites excluding steroid dienone is 4. The van der Waals surface area contributed by atoms with Crippen LogP contribution in [0.5, 0.6) is 5.75 Å². The van der Waals surface area contributed by atoms with Crippen LogP contribution in [0.2, 0.25) is 0 Å². The van der Waals surface area contributed by atoms with Crippen molar-refractivity contribution in [3.05, 3.63) is 96.4 Å². The van der Waals surface area contributed by atoms with E-state index in [2.05, 4.69) is 45.2 Å². The van der Waals surface area contributed by atoms with Crippen LogP contribution >= 0.6 is 0 Å². The molecule has 8 nitrogen and oxygen atoms in total. The number of rotatable bonds is 4. The number of H-pyrrole nitrogens is 1. The van der Waals surface area contributed by atoms with Gasteiger partial charge in [-0.2, -0.15) is 8.42 Å². The Bertz CT molecular complexity index is 2190. The second-order valence-corrected chi connectivity index (χ2v) is 17.6. The molecule has 2 saturated heterocycles. The summed E-state index contributed by atoms with van der Waals surface area (Å²) in [5.41, 5.74) is 3.25. The van der Waals surface area contributed by atoms with E-state index in [4.69, 9.17) is 9.17 Å². The van der Waals surface area contributed by atoms with Crippen LogP contribution in [-0.4, -0.2) is 77.2 Å². The predicted octanol–water partition coefficient (Wildman–Crippen LogP) is 7.93. The maximum Gasteiger partial charge on any atom is 0.339 e. The molecule has 2 fully saturated rings. The summed E-state index contributed by atoms with van der Waals surface area (Å²) in [4.78, 5) is 14.2. The Labute approximate surface area is 307 Å². The molecule has 0 radical (unpaired) electrons. The maximum absolute atomic E-state index is 13.5. The molecule has 4 aliphatic heterocycles. The Kier molecular flexibility index (Phi) is 8.69. The summed E-state index contributed by atoms with van der Waals surface area (Å²) in [6.45, 7) is 6.04. The molecule has 2 N–H and O–H groups in total. The van der Waals surface area contributed by atoms with Crippen molar-refractivity contribution in [3.8, 4) is 5.75 Å². The molecular weight excluding hydrogens is 669 g/mol. The number of nitrogens with one attached hydrogen (secondary N) is 1. The minimum atomic E-state index is -4.06. The molecule has 1 spiro atoms. The molecular formula is C43H50N4O4S. The Morgan fingerprint density at radius 2 is 1.69 bits per heavy atom. The number of nitrogens with zero attached hydrogens (tertiary/aromatic N) is 3. The van der Waals surface area contributed by atoms with Crippen molar-refractivity contribution in [3.63, 3.8) is 0 Å². The van der Waals surface area contributed by atoms with Gasteiger partial charge in [0, 0.05) is 35.0 Å². The van der Waals surface area contributed by atoms with Gasteiger partial charge in [-0.15, -0.1) is 0 Å². The Hall–Kier alpha value is -3.76. The number of piperidine rings is 1. The van der Waals surface area contributed by atoms with Gasteiger partial charge in [-0.1, -0.05) is 54.1 Å². The number of benzene rings is 2. The molecule has 2 aromatic heterocycles. The molecule has 272 valence electrons. The molecule has 52 heavy (non-hydrogen) atoms. The van der Waals surface area contributed by atoms with Crippen LogP contribution in [0, 0.1) is 18.3 Å². The van der Waals surface area contributed by atoms with Crippen molar-refractivity contribution < 1.29 is 17.7 Å². The molecule has 2 aromatic carbocycles. The van der Waals surface area contributed by atoms with Crippen LogP contribution in [0.1, 0.15) is 75.5 Å². The minimum absolute atomic E-state index is 0.0207. The number of aromatic amines is 1. The van der Waals surface area contributed by atoms with Crippen molar-refractivity contribution in [1.82, 2.24) is 19.8 Å². The van der Waals surface area contributed by atoms with Gasteiger partial charge in [-0.25, -0.2) is 0 Å². The normalized spacial score (nSPS) is 32.4. The highest BCUT2D eigenvalue weighted by Crippen LogP contribution is 2.61. The summed E-state index contributed by atoms with van der Waals surface area (Å²) in [7, 11) is -4.06. The second kappa shape index (κ2) is 13.3. The predicted molar refractivity (Wildman–Crippen MR) is 207 cm³/mol. The molecule has 9 rings (SSSR count). The standard InChI is InChI=1S/C43H50N4O4S/c1-30-16-18-32(19-17-30)52(49,50)51-37-15-12-14-33-34-20-23-44-39(40(34)45-38(33)37)35-28-43(48)22-9-5-2-3-6-10-24-46-26-21-36(35)42(29-46)27-31-13-8-4-7-11-25-47(31)41(42)43/h2,5,8,12-20,23,28,31,36,41,45,48H,3-4,6-7,9-11,21-22,24-27,29H2,1H3/b5-2-,13-8-/t31-,36?,41+,42-,43-/m0/s1. The van der Waals surface area contributed by atoms with Crippen LogP contribution in [0.15, 0.2) is 90.0 Å². The van der Waals surface area contributed by atoms with E-state index in [0.29, 0.717) is 18.0 Å². The van der Waals surface area contributed by atoms with E-state index in [1.807, 2.05) is 31.3 Å². The van der Waals surface area contributed by atoms with Crippen LogP contribution in [0.25, 0.3) is 27.4 Å². The van der Waals surface area contributed by atoms with Crippen LogP contribution in [-0.2, 0) is 10.1 Å². The first kappa shape index (κ1) is 34.0. The fourth-order valence-corrected chi connectivity index (χ4v) is 11.5. The molecule has 0 amide bonds. The highest BCUT2D eigenvalue weighted by Gasteiger charge is 2.65. The zero-order chi connectivity index (χ0) is 35.5. The first-order valence-electron chi connectivity index (χ1n) is 19.4. The number of hydrogen-bond acceptors (Lipinski definition) is 7. The van der Waals surface area contributed by atoms with Gasteiger partial charge in [0.25, 0.3) is 0 Å². The van der Waals surface area contributed by atoms with Gasteiger partial charge in [0.2, 0.25) is 0 Å². The zero-order valence-electron chi connectivity index (χ0n) is 30.1. The van der Waals surface area contributed by atoms with Crippen molar-refractivity contribution in [2.75, 3.05) is 26.2 Å². The van der Waals surface area contributed by atoms with Gasteiger partial charge in [-0.05, 0) is 133 Å². The summed E-state index contributed by atoms with van der Waals surface area (Å²) in [6.07, 6.45) is 24.0. The smallest absolute Gasteiger partial charge is 0.339 e. The molecule has 4 aromatic rings. The SMILES string of the molecule is Cc1ccc(S(=O)(=O)Oc2cccc3c2[nH]c2c(C4=C[C@@]5(O)CC/C=C\CCCCN6CCC4[C@]4(C[C@@H]7/C=C\CCCCN7[C@H]45)C6)nccc23)cc1. The summed E-state index contributed by atoms with van der Waals surface area (Å²) in [5.74, 6) is 0.474. The van der Waals surface area contributed by atoms with Crippen LogP contribution in [0.3, 0.4) is 0 Å². The van der Waals surface area contributed by atoms with Crippen molar-refractivity contribution in [2.45, 2.75) is 93.7 Å². The van der Waals surface area contributed by atoms with E-state index < -0.39 is 15.7 Å². The highest BCUT2D eigenvalue weighted by atomic mass is 32.2. The number of aliphatic hydroxyl groups is 1. The van der Waals surface area contributed by atoms with Crippen LogP contribution in [0.4, 0.5) is 0 Å². The number of aromatic nitrogens is 2. The van der Waals surface area contributed by atoms with Gasteiger partial charge in [0.05, 0.1) is 28.4 Å². The third-order valence-electron chi connectivity index (χ3n) is 12.8.